The molecule has 8 heteroatoms. The SMILES string of the molecule is N#CCc1c(OC(F)(F)F)cc(CN)nc1F. The van der Waals surface area contributed by atoms with E-state index in [4.69, 9.17) is 11.0 Å². The number of nitrogens with zero attached hydrogens (tertiary/aromatic N) is 2. The number of ether oxygens (including phenoxy) is 1. The van der Waals surface area contributed by atoms with Gasteiger partial charge in [-0.15, -0.1) is 13.2 Å². The van der Waals surface area contributed by atoms with Crippen molar-refractivity contribution in [3.05, 3.63) is 23.3 Å². The summed E-state index contributed by atoms with van der Waals surface area (Å²) in [6, 6.07) is 2.39. The fraction of sp³-hybridized carbons (Fsp3) is 0.333. The molecule has 0 spiro atoms. The molecule has 1 heterocycles. The number of halogens is 4. The standard InChI is InChI=1S/C9H7F4N3O/c10-8-6(1-2-14)7(17-9(11,12)13)3-5(4-15)16-8/h3H,1,4,15H2. The molecule has 0 saturated carbocycles. The summed E-state index contributed by atoms with van der Waals surface area (Å²) in [5, 5.41) is 8.39. The van der Waals surface area contributed by atoms with Gasteiger partial charge in [0.15, 0.2) is 0 Å². The van der Waals surface area contributed by atoms with Crippen LogP contribution >= 0.6 is 0 Å². The largest absolute Gasteiger partial charge is 0.573 e. The number of alkyl halides is 3. The van der Waals surface area contributed by atoms with Crippen molar-refractivity contribution in [2.45, 2.75) is 19.3 Å². The Hall–Kier alpha value is -1.88. The molecule has 1 rings (SSSR count). The van der Waals surface area contributed by atoms with Gasteiger partial charge in [-0.1, -0.05) is 0 Å². The van der Waals surface area contributed by atoms with Crippen LogP contribution in [0.25, 0.3) is 0 Å². The van der Waals surface area contributed by atoms with Crippen LogP contribution in [0.5, 0.6) is 5.75 Å². The van der Waals surface area contributed by atoms with Gasteiger partial charge in [0.05, 0.1) is 23.7 Å². The maximum Gasteiger partial charge on any atom is 0.573 e. The Kier molecular flexibility index (Phi) is 3.85. The van der Waals surface area contributed by atoms with E-state index < -0.39 is 30.0 Å². The Bertz CT molecular complexity index is 453. The summed E-state index contributed by atoms with van der Waals surface area (Å²) in [5.41, 5.74) is 4.51. The van der Waals surface area contributed by atoms with E-state index in [1.807, 2.05) is 0 Å². The van der Waals surface area contributed by atoms with Crippen LogP contribution in [-0.4, -0.2) is 11.3 Å². The first-order chi connectivity index (χ1) is 7.87. The summed E-state index contributed by atoms with van der Waals surface area (Å²) in [7, 11) is 0. The van der Waals surface area contributed by atoms with Crippen molar-refractivity contribution in [3.8, 4) is 11.8 Å². The molecule has 17 heavy (non-hydrogen) atoms. The monoisotopic (exact) mass is 249 g/mol. The first-order valence-electron chi connectivity index (χ1n) is 4.38. The second-order valence-corrected chi connectivity index (χ2v) is 2.97. The van der Waals surface area contributed by atoms with Crippen LogP contribution < -0.4 is 10.5 Å². The highest BCUT2D eigenvalue weighted by atomic mass is 19.4. The molecular weight excluding hydrogens is 242 g/mol. The zero-order valence-electron chi connectivity index (χ0n) is 8.38. The first kappa shape index (κ1) is 13.2. The molecule has 0 amide bonds. The van der Waals surface area contributed by atoms with Crippen LogP contribution in [0.1, 0.15) is 11.3 Å². The third kappa shape index (κ3) is 3.57. The molecule has 1 aromatic rings. The molecule has 1 aromatic heterocycles. The van der Waals surface area contributed by atoms with Crippen molar-refractivity contribution in [2.24, 2.45) is 5.73 Å². The lowest BCUT2D eigenvalue weighted by Crippen LogP contribution is -2.19. The predicted octanol–water partition coefficient (Wildman–Crippen LogP) is 1.64. The van der Waals surface area contributed by atoms with Gasteiger partial charge in [-0.05, 0) is 0 Å². The fourth-order valence-electron chi connectivity index (χ4n) is 1.13. The highest BCUT2D eigenvalue weighted by Crippen LogP contribution is 2.28. The normalized spacial score (nSPS) is 11.1. The van der Waals surface area contributed by atoms with E-state index in [1.165, 1.54) is 6.07 Å². The Morgan fingerprint density at radius 3 is 2.59 bits per heavy atom. The summed E-state index contributed by atoms with van der Waals surface area (Å²) in [5.74, 6) is -1.97. The van der Waals surface area contributed by atoms with Crippen LogP contribution in [-0.2, 0) is 13.0 Å². The molecule has 0 saturated heterocycles. The van der Waals surface area contributed by atoms with Crippen molar-refractivity contribution in [1.82, 2.24) is 4.98 Å². The molecule has 0 radical (unpaired) electrons. The van der Waals surface area contributed by atoms with Gasteiger partial charge in [-0.25, -0.2) is 4.98 Å². The molecule has 0 aromatic carbocycles. The fourth-order valence-corrected chi connectivity index (χ4v) is 1.13. The molecule has 0 aliphatic heterocycles. The number of aromatic nitrogens is 1. The summed E-state index contributed by atoms with van der Waals surface area (Å²) < 4.78 is 53.1. The summed E-state index contributed by atoms with van der Waals surface area (Å²) in [6.45, 7) is -0.238. The average molecular weight is 249 g/mol. The molecular formula is C9H7F4N3O. The topological polar surface area (TPSA) is 71.9 Å². The van der Waals surface area contributed by atoms with Crippen LogP contribution in [0.15, 0.2) is 6.07 Å². The average Bonchev–Trinajstić information content (AvgIpc) is 2.20. The van der Waals surface area contributed by atoms with E-state index in [9.17, 15) is 17.6 Å². The Balaban J connectivity index is 3.23. The van der Waals surface area contributed by atoms with Crippen molar-refractivity contribution in [1.29, 1.82) is 5.26 Å². The van der Waals surface area contributed by atoms with E-state index in [2.05, 4.69) is 9.72 Å². The van der Waals surface area contributed by atoms with Gasteiger partial charge in [0.2, 0.25) is 5.95 Å². The van der Waals surface area contributed by atoms with E-state index in [1.54, 1.807) is 0 Å². The minimum Gasteiger partial charge on any atom is -0.405 e. The summed E-state index contributed by atoms with van der Waals surface area (Å²) in [4.78, 5) is 3.31. The molecule has 0 fully saturated rings. The van der Waals surface area contributed by atoms with Gasteiger partial charge in [0, 0.05) is 12.6 Å². The van der Waals surface area contributed by atoms with Crippen LogP contribution in [0.2, 0.25) is 0 Å². The Morgan fingerprint density at radius 2 is 2.12 bits per heavy atom. The van der Waals surface area contributed by atoms with E-state index in [0.29, 0.717) is 0 Å². The van der Waals surface area contributed by atoms with Gasteiger partial charge < -0.3 is 10.5 Å². The zero-order chi connectivity index (χ0) is 13.1. The lowest BCUT2D eigenvalue weighted by Gasteiger charge is -2.13. The smallest absolute Gasteiger partial charge is 0.405 e. The highest BCUT2D eigenvalue weighted by molar-refractivity contribution is 5.36. The quantitative estimate of drug-likeness (QED) is 0.653. The van der Waals surface area contributed by atoms with Crippen LogP contribution in [0, 0.1) is 17.3 Å². The maximum absolute atomic E-state index is 13.3. The van der Waals surface area contributed by atoms with Gasteiger partial charge in [-0.2, -0.15) is 9.65 Å². The molecule has 0 aliphatic rings. The van der Waals surface area contributed by atoms with Crippen molar-refractivity contribution >= 4 is 0 Å². The van der Waals surface area contributed by atoms with Gasteiger partial charge in [0.25, 0.3) is 0 Å². The third-order valence-corrected chi connectivity index (χ3v) is 1.78. The minimum absolute atomic E-state index is 0.0940. The number of nitrogens with two attached hydrogens (primary N) is 1. The number of hydrogen-bond donors (Lipinski definition) is 1. The number of hydrogen-bond acceptors (Lipinski definition) is 4. The summed E-state index contributed by atoms with van der Waals surface area (Å²) >= 11 is 0. The molecule has 0 atom stereocenters. The van der Waals surface area contributed by atoms with Crippen molar-refractivity contribution in [3.63, 3.8) is 0 Å². The van der Waals surface area contributed by atoms with Gasteiger partial charge in [0.1, 0.15) is 5.75 Å². The summed E-state index contributed by atoms with van der Waals surface area (Å²) in [6.07, 6.45) is -5.54. The van der Waals surface area contributed by atoms with Crippen molar-refractivity contribution < 1.29 is 22.3 Å². The second-order valence-electron chi connectivity index (χ2n) is 2.97. The maximum atomic E-state index is 13.3. The lowest BCUT2D eigenvalue weighted by atomic mass is 10.1. The van der Waals surface area contributed by atoms with E-state index >= 15 is 0 Å². The van der Waals surface area contributed by atoms with Gasteiger partial charge in [-0.3, -0.25) is 0 Å². The van der Waals surface area contributed by atoms with Crippen LogP contribution in [0.3, 0.4) is 0 Å². The van der Waals surface area contributed by atoms with Crippen LogP contribution in [0.4, 0.5) is 17.6 Å². The lowest BCUT2D eigenvalue weighted by molar-refractivity contribution is -0.275. The molecule has 2 N–H and O–H groups in total. The number of nitriles is 1. The second kappa shape index (κ2) is 4.97. The number of pyridine rings is 1. The molecule has 92 valence electrons. The Labute approximate surface area is 93.6 Å². The molecule has 0 bridgehead atoms. The first-order valence-corrected chi connectivity index (χ1v) is 4.38. The van der Waals surface area contributed by atoms with E-state index in [-0.39, 0.29) is 12.2 Å². The third-order valence-electron chi connectivity index (χ3n) is 1.78. The zero-order valence-corrected chi connectivity index (χ0v) is 8.38. The van der Waals surface area contributed by atoms with Gasteiger partial charge >= 0.3 is 6.36 Å². The molecule has 0 unspecified atom stereocenters. The number of rotatable bonds is 3. The van der Waals surface area contributed by atoms with Crippen molar-refractivity contribution in [2.75, 3.05) is 0 Å². The predicted molar refractivity (Wildman–Crippen MR) is 48.1 cm³/mol. The molecule has 4 nitrogen and oxygen atoms in total. The Morgan fingerprint density at radius 1 is 1.47 bits per heavy atom. The van der Waals surface area contributed by atoms with E-state index in [0.717, 1.165) is 6.07 Å². The molecule has 0 aliphatic carbocycles. The highest BCUT2D eigenvalue weighted by Gasteiger charge is 2.33. The minimum atomic E-state index is -4.97.